The largest absolute Gasteiger partial charge is 0.351 e. The number of benzene rings is 1. The number of likely N-dealkylation sites (N-methyl/N-ethyl adjacent to an activating group) is 1. The first-order valence-corrected chi connectivity index (χ1v) is 6.58. The molecule has 1 aliphatic heterocycles. The first-order chi connectivity index (χ1) is 9.19. The van der Waals surface area contributed by atoms with E-state index in [0.717, 1.165) is 19.5 Å². The summed E-state index contributed by atoms with van der Waals surface area (Å²) in [7, 11) is 1.94. The highest BCUT2D eigenvalue weighted by Crippen LogP contribution is 2.08. The second-order valence-electron chi connectivity index (χ2n) is 4.88. The fourth-order valence-corrected chi connectivity index (χ4v) is 2.31. The van der Waals surface area contributed by atoms with Crippen LogP contribution in [0.1, 0.15) is 12.0 Å². The third-order valence-corrected chi connectivity index (χ3v) is 3.48. The second-order valence-corrected chi connectivity index (χ2v) is 4.88. The summed E-state index contributed by atoms with van der Waals surface area (Å²) in [6.45, 7) is 2.45. The molecule has 1 saturated heterocycles. The highest BCUT2D eigenvalue weighted by molar-refractivity contribution is 5.78. The van der Waals surface area contributed by atoms with Gasteiger partial charge in [-0.25, -0.2) is 4.39 Å². The van der Waals surface area contributed by atoms with Gasteiger partial charge in [-0.3, -0.25) is 9.69 Å². The van der Waals surface area contributed by atoms with E-state index in [0.29, 0.717) is 18.2 Å². The van der Waals surface area contributed by atoms with Gasteiger partial charge in [-0.2, -0.15) is 0 Å². The zero-order valence-corrected chi connectivity index (χ0v) is 11.2. The molecule has 19 heavy (non-hydrogen) atoms. The summed E-state index contributed by atoms with van der Waals surface area (Å²) in [5, 5.41) is 5.97. The molecule has 1 unspecified atom stereocenters. The maximum atomic E-state index is 13.4. The van der Waals surface area contributed by atoms with E-state index in [9.17, 15) is 9.18 Å². The van der Waals surface area contributed by atoms with Gasteiger partial charge in [0, 0.05) is 31.2 Å². The van der Waals surface area contributed by atoms with Crippen LogP contribution in [0.5, 0.6) is 0 Å². The minimum Gasteiger partial charge on any atom is -0.351 e. The molecule has 104 valence electrons. The molecule has 0 spiro atoms. The Morgan fingerprint density at radius 2 is 2.26 bits per heavy atom. The number of nitrogens with zero attached hydrogens (tertiary/aromatic N) is 1. The molecule has 1 heterocycles. The first-order valence-electron chi connectivity index (χ1n) is 6.58. The standard InChI is InChI=1S/C14H20FN3O/c1-16-12-6-7-18(9-12)10-14(19)17-8-11-4-2-3-5-13(11)15/h2-5,12,16H,6-10H2,1H3,(H,17,19). The Kier molecular flexibility index (Phi) is 4.87. The van der Waals surface area contributed by atoms with Gasteiger partial charge >= 0.3 is 0 Å². The van der Waals surface area contributed by atoms with E-state index in [1.165, 1.54) is 6.07 Å². The van der Waals surface area contributed by atoms with E-state index < -0.39 is 0 Å². The molecular weight excluding hydrogens is 245 g/mol. The van der Waals surface area contributed by atoms with Crippen LogP contribution in [-0.4, -0.2) is 43.5 Å². The zero-order chi connectivity index (χ0) is 13.7. The average Bonchev–Trinajstić information content (AvgIpc) is 2.85. The lowest BCUT2D eigenvalue weighted by atomic mass is 10.2. The van der Waals surface area contributed by atoms with Crippen LogP contribution in [0.2, 0.25) is 0 Å². The predicted octanol–water partition coefficient (Wildman–Crippen LogP) is 0.736. The predicted molar refractivity (Wildman–Crippen MR) is 72.2 cm³/mol. The van der Waals surface area contributed by atoms with Crippen molar-refractivity contribution in [3.05, 3.63) is 35.6 Å². The first kappa shape index (κ1) is 14.0. The zero-order valence-electron chi connectivity index (χ0n) is 11.2. The summed E-state index contributed by atoms with van der Waals surface area (Å²) in [6.07, 6.45) is 1.07. The fourth-order valence-electron chi connectivity index (χ4n) is 2.31. The highest BCUT2D eigenvalue weighted by atomic mass is 19.1. The van der Waals surface area contributed by atoms with Crippen molar-refractivity contribution in [2.24, 2.45) is 0 Å². The van der Waals surface area contributed by atoms with Gasteiger partial charge < -0.3 is 10.6 Å². The molecule has 1 aromatic rings. The smallest absolute Gasteiger partial charge is 0.234 e. The van der Waals surface area contributed by atoms with Crippen molar-refractivity contribution in [1.82, 2.24) is 15.5 Å². The van der Waals surface area contributed by atoms with Gasteiger partial charge in [-0.15, -0.1) is 0 Å². The van der Waals surface area contributed by atoms with Gasteiger partial charge in [0.2, 0.25) is 5.91 Å². The fraction of sp³-hybridized carbons (Fsp3) is 0.500. The maximum Gasteiger partial charge on any atom is 0.234 e. The molecule has 1 amide bonds. The molecule has 5 heteroatoms. The molecular formula is C14H20FN3O. The molecule has 0 aliphatic carbocycles. The molecule has 0 bridgehead atoms. The quantitative estimate of drug-likeness (QED) is 0.825. The molecule has 1 atom stereocenters. The third kappa shape index (κ3) is 4.01. The van der Waals surface area contributed by atoms with E-state index in [4.69, 9.17) is 0 Å². The van der Waals surface area contributed by atoms with Crippen molar-refractivity contribution in [1.29, 1.82) is 0 Å². The normalized spacial score (nSPS) is 19.6. The number of likely N-dealkylation sites (tertiary alicyclic amines) is 1. The monoisotopic (exact) mass is 265 g/mol. The van der Waals surface area contributed by atoms with Gasteiger partial charge in [0.05, 0.1) is 6.54 Å². The van der Waals surface area contributed by atoms with Gasteiger partial charge in [0.25, 0.3) is 0 Å². The summed E-state index contributed by atoms with van der Waals surface area (Å²) >= 11 is 0. The van der Waals surface area contributed by atoms with Crippen molar-refractivity contribution in [3.8, 4) is 0 Å². The molecule has 4 nitrogen and oxygen atoms in total. The molecule has 2 rings (SSSR count). The summed E-state index contributed by atoms with van der Waals surface area (Å²) in [4.78, 5) is 13.9. The molecule has 0 aromatic heterocycles. The SMILES string of the molecule is CNC1CCN(CC(=O)NCc2ccccc2F)C1. The van der Waals surface area contributed by atoms with Crippen molar-refractivity contribution in [2.75, 3.05) is 26.7 Å². The molecule has 0 saturated carbocycles. The van der Waals surface area contributed by atoms with Crippen LogP contribution >= 0.6 is 0 Å². The molecule has 1 aliphatic rings. The van der Waals surface area contributed by atoms with E-state index >= 15 is 0 Å². The number of carbonyl (C=O) groups excluding carboxylic acids is 1. The van der Waals surface area contributed by atoms with E-state index in [1.54, 1.807) is 18.2 Å². The second kappa shape index (κ2) is 6.63. The summed E-state index contributed by atoms with van der Waals surface area (Å²) in [6, 6.07) is 6.96. The lowest BCUT2D eigenvalue weighted by molar-refractivity contribution is -0.122. The van der Waals surface area contributed by atoms with Crippen LogP contribution in [-0.2, 0) is 11.3 Å². The Labute approximate surface area is 113 Å². The maximum absolute atomic E-state index is 13.4. The molecule has 1 fully saturated rings. The van der Waals surface area contributed by atoms with E-state index in [2.05, 4.69) is 15.5 Å². The Morgan fingerprint density at radius 1 is 1.47 bits per heavy atom. The van der Waals surface area contributed by atoms with Crippen molar-refractivity contribution >= 4 is 5.91 Å². The summed E-state index contributed by atoms with van der Waals surface area (Å²) in [5.41, 5.74) is 0.519. The third-order valence-electron chi connectivity index (χ3n) is 3.48. The van der Waals surface area contributed by atoms with Crippen LogP contribution in [0, 0.1) is 5.82 Å². The number of hydrogen-bond acceptors (Lipinski definition) is 3. The van der Waals surface area contributed by atoms with Crippen LogP contribution in [0.15, 0.2) is 24.3 Å². The topological polar surface area (TPSA) is 44.4 Å². The number of carbonyl (C=O) groups is 1. The van der Waals surface area contributed by atoms with Crippen LogP contribution in [0.25, 0.3) is 0 Å². The minimum absolute atomic E-state index is 0.0555. The minimum atomic E-state index is -0.279. The average molecular weight is 265 g/mol. The Balaban J connectivity index is 1.75. The van der Waals surface area contributed by atoms with Crippen LogP contribution < -0.4 is 10.6 Å². The Bertz CT molecular complexity index is 438. The number of amides is 1. The van der Waals surface area contributed by atoms with Crippen molar-refractivity contribution < 1.29 is 9.18 Å². The van der Waals surface area contributed by atoms with Crippen molar-refractivity contribution in [2.45, 2.75) is 19.0 Å². The Hall–Kier alpha value is -1.46. The van der Waals surface area contributed by atoms with Gasteiger partial charge in [0.15, 0.2) is 0 Å². The van der Waals surface area contributed by atoms with E-state index in [1.807, 2.05) is 7.05 Å². The number of halogens is 1. The number of hydrogen-bond donors (Lipinski definition) is 2. The molecule has 2 N–H and O–H groups in total. The Morgan fingerprint density at radius 3 is 2.95 bits per heavy atom. The summed E-state index contributed by atoms with van der Waals surface area (Å²) < 4.78 is 13.4. The molecule has 0 radical (unpaired) electrons. The van der Waals surface area contributed by atoms with E-state index in [-0.39, 0.29) is 18.3 Å². The van der Waals surface area contributed by atoms with Crippen molar-refractivity contribution in [3.63, 3.8) is 0 Å². The van der Waals surface area contributed by atoms with Gasteiger partial charge in [-0.1, -0.05) is 18.2 Å². The highest BCUT2D eigenvalue weighted by Gasteiger charge is 2.22. The lowest BCUT2D eigenvalue weighted by Gasteiger charge is -2.15. The van der Waals surface area contributed by atoms with Gasteiger partial charge in [-0.05, 0) is 19.5 Å². The molecule has 1 aromatic carbocycles. The summed E-state index contributed by atoms with van der Waals surface area (Å²) in [5.74, 6) is -0.334. The van der Waals surface area contributed by atoms with Crippen LogP contribution in [0.3, 0.4) is 0 Å². The van der Waals surface area contributed by atoms with Crippen LogP contribution in [0.4, 0.5) is 4.39 Å². The number of nitrogens with one attached hydrogen (secondary N) is 2. The van der Waals surface area contributed by atoms with Gasteiger partial charge in [0.1, 0.15) is 5.82 Å². The number of rotatable bonds is 5. The lowest BCUT2D eigenvalue weighted by Crippen LogP contribution is -2.37.